The highest BCUT2D eigenvalue weighted by Crippen LogP contribution is 2.48. The van der Waals surface area contributed by atoms with E-state index in [-0.39, 0.29) is 12.7 Å². The first kappa shape index (κ1) is 16.9. The molecular formula is C21H19NO6. The summed E-state index contributed by atoms with van der Waals surface area (Å²) >= 11 is 0. The molecule has 7 heteroatoms. The van der Waals surface area contributed by atoms with Gasteiger partial charge in [0.25, 0.3) is 5.91 Å². The van der Waals surface area contributed by atoms with Crippen molar-refractivity contribution in [1.29, 1.82) is 0 Å². The van der Waals surface area contributed by atoms with E-state index in [4.69, 9.17) is 18.9 Å². The van der Waals surface area contributed by atoms with Gasteiger partial charge in [0.05, 0.1) is 19.8 Å². The van der Waals surface area contributed by atoms with Crippen LogP contribution in [0.1, 0.15) is 27.0 Å². The van der Waals surface area contributed by atoms with E-state index in [2.05, 4.69) is 0 Å². The molecule has 7 nitrogen and oxygen atoms in total. The number of amides is 1. The van der Waals surface area contributed by atoms with Gasteiger partial charge in [-0.05, 0) is 35.7 Å². The number of benzene rings is 2. The standard InChI is InChI=1S/C21H19NO6/c1-25-15-5-3-4-14-18(15)19(23)22-7-6-12-8-16-17(28-11-27-16)9-13(12)10-21(14,22)20(24)26-2/h3-5,8-9H,6-7,10-11H2,1-2H3. The minimum absolute atomic E-state index is 0.186. The first-order valence-corrected chi connectivity index (χ1v) is 9.09. The lowest BCUT2D eigenvalue weighted by Crippen LogP contribution is -2.51. The van der Waals surface area contributed by atoms with Crippen LogP contribution in [-0.4, -0.2) is 44.3 Å². The maximum Gasteiger partial charge on any atom is 0.336 e. The van der Waals surface area contributed by atoms with Crippen LogP contribution in [0.2, 0.25) is 0 Å². The zero-order chi connectivity index (χ0) is 19.5. The van der Waals surface area contributed by atoms with Crippen LogP contribution in [0.3, 0.4) is 0 Å². The smallest absolute Gasteiger partial charge is 0.336 e. The number of hydrogen-bond acceptors (Lipinski definition) is 6. The van der Waals surface area contributed by atoms with E-state index >= 15 is 0 Å². The van der Waals surface area contributed by atoms with Crippen molar-refractivity contribution >= 4 is 11.9 Å². The minimum Gasteiger partial charge on any atom is -0.496 e. The molecule has 2 aromatic rings. The Morgan fingerprint density at radius 3 is 2.61 bits per heavy atom. The zero-order valence-corrected chi connectivity index (χ0v) is 15.6. The van der Waals surface area contributed by atoms with Gasteiger partial charge in [-0.1, -0.05) is 12.1 Å². The summed E-state index contributed by atoms with van der Waals surface area (Å²) in [5, 5.41) is 0. The maximum atomic E-state index is 13.3. The molecule has 0 aliphatic carbocycles. The van der Waals surface area contributed by atoms with Crippen molar-refractivity contribution in [3.8, 4) is 17.2 Å². The lowest BCUT2D eigenvalue weighted by atomic mass is 9.83. The van der Waals surface area contributed by atoms with Crippen LogP contribution in [0.5, 0.6) is 17.2 Å². The summed E-state index contributed by atoms with van der Waals surface area (Å²) in [6.07, 6.45) is 0.907. The molecular weight excluding hydrogens is 362 g/mol. The fraction of sp³-hybridized carbons (Fsp3) is 0.333. The number of esters is 1. The molecule has 0 bridgehead atoms. The van der Waals surface area contributed by atoms with Gasteiger partial charge in [0.1, 0.15) is 5.75 Å². The third kappa shape index (κ3) is 2.04. The first-order chi connectivity index (χ1) is 13.6. The molecule has 28 heavy (non-hydrogen) atoms. The van der Waals surface area contributed by atoms with Gasteiger partial charge in [-0.3, -0.25) is 4.79 Å². The molecule has 1 atom stereocenters. The molecule has 0 spiro atoms. The van der Waals surface area contributed by atoms with Crippen LogP contribution >= 0.6 is 0 Å². The summed E-state index contributed by atoms with van der Waals surface area (Å²) in [4.78, 5) is 28.1. The topological polar surface area (TPSA) is 74.3 Å². The molecule has 2 aromatic carbocycles. The van der Waals surface area contributed by atoms with Crippen LogP contribution in [0.15, 0.2) is 30.3 Å². The van der Waals surface area contributed by atoms with Gasteiger partial charge in [-0.2, -0.15) is 0 Å². The van der Waals surface area contributed by atoms with Crippen molar-refractivity contribution in [2.45, 2.75) is 18.4 Å². The van der Waals surface area contributed by atoms with Gasteiger partial charge in [-0.25, -0.2) is 4.79 Å². The maximum absolute atomic E-state index is 13.3. The van der Waals surface area contributed by atoms with E-state index in [9.17, 15) is 9.59 Å². The zero-order valence-electron chi connectivity index (χ0n) is 15.6. The summed E-state index contributed by atoms with van der Waals surface area (Å²) in [6, 6.07) is 9.20. The van der Waals surface area contributed by atoms with Crippen LogP contribution in [-0.2, 0) is 27.9 Å². The highest BCUT2D eigenvalue weighted by Gasteiger charge is 2.57. The summed E-state index contributed by atoms with van der Waals surface area (Å²) in [6.45, 7) is 0.573. The molecule has 3 heterocycles. The molecule has 0 N–H and O–H groups in total. The summed E-state index contributed by atoms with van der Waals surface area (Å²) in [7, 11) is 2.87. The Morgan fingerprint density at radius 1 is 1.14 bits per heavy atom. The van der Waals surface area contributed by atoms with Crippen molar-refractivity contribution in [3.63, 3.8) is 0 Å². The van der Waals surface area contributed by atoms with E-state index in [1.54, 1.807) is 17.0 Å². The Balaban J connectivity index is 1.74. The quantitative estimate of drug-likeness (QED) is 0.742. The van der Waals surface area contributed by atoms with Crippen molar-refractivity contribution in [2.75, 3.05) is 27.6 Å². The number of hydrogen-bond donors (Lipinski definition) is 0. The lowest BCUT2D eigenvalue weighted by molar-refractivity contribution is -0.153. The average molecular weight is 381 g/mol. The first-order valence-electron chi connectivity index (χ1n) is 9.09. The van der Waals surface area contributed by atoms with Gasteiger partial charge in [0.2, 0.25) is 6.79 Å². The second-order valence-corrected chi connectivity index (χ2v) is 7.09. The molecule has 0 aromatic heterocycles. The number of ether oxygens (including phenoxy) is 4. The Labute approximate surface area is 161 Å². The van der Waals surface area contributed by atoms with Gasteiger partial charge in [-0.15, -0.1) is 0 Å². The Morgan fingerprint density at radius 2 is 1.89 bits per heavy atom. The van der Waals surface area contributed by atoms with E-state index in [1.165, 1.54) is 14.2 Å². The summed E-state index contributed by atoms with van der Waals surface area (Å²) in [5.74, 6) is 1.14. The van der Waals surface area contributed by atoms with Crippen LogP contribution in [0.25, 0.3) is 0 Å². The van der Waals surface area contributed by atoms with E-state index < -0.39 is 11.5 Å². The predicted molar refractivity (Wildman–Crippen MR) is 97.7 cm³/mol. The Hall–Kier alpha value is -3.22. The molecule has 5 rings (SSSR count). The Bertz CT molecular complexity index is 1020. The highest BCUT2D eigenvalue weighted by atomic mass is 16.7. The molecule has 0 fully saturated rings. The molecule has 0 radical (unpaired) electrons. The number of rotatable bonds is 2. The third-order valence-electron chi connectivity index (χ3n) is 5.88. The van der Waals surface area contributed by atoms with Gasteiger partial charge in [0, 0.05) is 18.5 Å². The minimum atomic E-state index is -1.23. The molecule has 144 valence electrons. The van der Waals surface area contributed by atoms with Crippen molar-refractivity contribution in [1.82, 2.24) is 4.90 Å². The van der Waals surface area contributed by atoms with Crippen molar-refractivity contribution in [2.24, 2.45) is 0 Å². The molecule has 1 unspecified atom stereocenters. The normalized spacial score (nSPS) is 21.5. The van der Waals surface area contributed by atoms with E-state index in [0.29, 0.717) is 47.8 Å². The number of fused-ring (bicyclic) bond motifs is 5. The SMILES string of the molecule is COC(=O)C12Cc3cc4c(cc3CCN1C(=O)c1c(OC)cccc12)OCO4. The largest absolute Gasteiger partial charge is 0.496 e. The van der Waals surface area contributed by atoms with Crippen molar-refractivity contribution < 1.29 is 28.5 Å². The predicted octanol–water partition coefficient (Wildman–Crippen LogP) is 2.05. The number of carbonyl (C=O) groups is 2. The molecule has 3 aliphatic rings. The van der Waals surface area contributed by atoms with Gasteiger partial charge < -0.3 is 23.8 Å². The average Bonchev–Trinajstić information content (AvgIpc) is 3.21. The van der Waals surface area contributed by atoms with E-state index in [1.807, 2.05) is 18.2 Å². The van der Waals surface area contributed by atoms with E-state index in [0.717, 1.165) is 11.1 Å². The molecule has 3 aliphatic heterocycles. The molecule has 1 amide bonds. The van der Waals surface area contributed by atoms with Crippen LogP contribution in [0.4, 0.5) is 0 Å². The number of nitrogens with zero attached hydrogens (tertiary/aromatic N) is 1. The second-order valence-electron chi connectivity index (χ2n) is 7.09. The third-order valence-corrected chi connectivity index (χ3v) is 5.88. The fourth-order valence-electron chi connectivity index (χ4n) is 4.60. The number of methoxy groups -OCH3 is 2. The summed E-state index contributed by atoms with van der Waals surface area (Å²) in [5.41, 5.74) is 1.81. The second kappa shape index (κ2) is 5.89. The molecule has 0 saturated heterocycles. The van der Waals surface area contributed by atoms with Gasteiger partial charge in [0.15, 0.2) is 17.0 Å². The fourth-order valence-corrected chi connectivity index (χ4v) is 4.60. The van der Waals surface area contributed by atoms with Crippen LogP contribution in [0, 0.1) is 0 Å². The monoisotopic (exact) mass is 381 g/mol. The van der Waals surface area contributed by atoms with Crippen molar-refractivity contribution in [3.05, 3.63) is 52.6 Å². The number of carbonyl (C=O) groups excluding carboxylic acids is 2. The Kier molecular flexibility index (Phi) is 3.56. The highest BCUT2D eigenvalue weighted by molar-refractivity contribution is 6.08. The van der Waals surface area contributed by atoms with Gasteiger partial charge >= 0.3 is 5.97 Å². The van der Waals surface area contributed by atoms with Crippen LogP contribution < -0.4 is 14.2 Å². The summed E-state index contributed by atoms with van der Waals surface area (Å²) < 4.78 is 21.6. The lowest BCUT2D eigenvalue weighted by Gasteiger charge is -2.35. The molecule has 0 saturated carbocycles.